The van der Waals surface area contributed by atoms with Crippen LogP contribution < -0.4 is 5.32 Å². The summed E-state index contributed by atoms with van der Waals surface area (Å²) in [5.41, 5.74) is 0.150. The minimum absolute atomic E-state index is 0.137. The van der Waals surface area contributed by atoms with E-state index in [0.717, 1.165) is 0 Å². The van der Waals surface area contributed by atoms with Crippen LogP contribution in [0.2, 0.25) is 10.0 Å². The van der Waals surface area contributed by atoms with E-state index in [1.54, 1.807) is 6.33 Å². The maximum atomic E-state index is 11.0. The Morgan fingerprint density at radius 1 is 1.40 bits per heavy atom. The smallest absolute Gasteiger partial charge is 0.293 e. The number of aromatic nitrogens is 3. The van der Waals surface area contributed by atoms with Crippen LogP contribution in [0.1, 0.15) is 12.7 Å². The van der Waals surface area contributed by atoms with E-state index in [1.807, 2.05) is 11.5 Å². The summed E-state index contributed by atoms with van der Waals surface area (Å²) in [4.78, 5) is 10.5. The van der Waals surface area contributed by atoms with Crippen molar-refractivity contribution in [3.8, 4) is 0 Å². The molecule has 106 valence electrons. The minimum atomic E-state index is -0.519. The van der Waals surface area contributed by atoms with Gasteiger partial charge in [0.1, 0.15) is 12.0 Å². The van der Waals surface area contributed by atoms with Gasteiger partial charge in [0.2, 0.25) is 0 Å². The molecule has 0 bridgehead atoms. The molecule has 0 radical (unpaired) electrons. The number of nitrogens with zero attached hydrogens (tertiary/aromatic N) is 4. The fraction of sp³-hybridized carbons (Fsp3) is 0.273. The van der Waals surface area contributed by atoms with E-state index in [2.05, 4.69) is 15.5 Å². The second kappa shape index (κ2) is 6.06. The van der Waals surface area contributed by atoms with Crippen LogP contribution in [0.4, 0.5) is 11.4 Å². The lowest BCUT2D eigenvalue weighted by atomic mass is 10.2. The summed E-state index contributed by atoms with van der Waals surface area (Å²) in [5, 5.41) is 22.0. The first-order valence-corrected chi connectivity index (χ1v) is 6.52. The topological polar surface area (TPSA) is 85.9 Å². The summed E-state index contributed by atoms with van der Waals surface area (Å²) in [7, 11) is 0. The first-order chi connectivity index (χ1) is 9.52. The van der Waals surface area contributed by atoms with E-state index in [4.69, 9.17) is 23.2 Å². The van der Waals surface area contributed by atoms with E-state index in [9.17, 15) is 10.1 Å². The monoisotopic (exact) mass is 315 g/mol. The highest BCUT2D eigenvalue weighted by Gasteiger charge is 2.17. The van der Waals surface area contributed by atoms with Gasteiger partial charge in [-0.15, -0.1) is 10.2 Å². The largest absolute Gasteiger partial charge is 0.372 e. The van der Waals surface area contributed by atoms with Gasteiger partial charge in [-0.05, 0) is 13.0 Å². The van der Waals surface area contributed by atoms with Crippen LogP contribution in [0.5, 0.6) is 0 Å². The van der Waals surface area contributed by atoms with Crippen molar-refractivity contribution in [1.29, 1.82) is 0 Å². The number of benzene rings is 1. The van der Waals surface area contributed by atoms with Crippen LogP contribution in [-0.4, -0.2) is 19.7 Å². The number of halogens is 2. The van der Waals surface area contributed by atoms with Crippen LogP contribution in [0, 0.1) is 10.1 Å². The Hall–Kier alpha value is -1.86. The molecule has 9 heteroatoms. The molecule has 0 spiro atoms. The zero-order valence-electron chi connectivity index (χ0n) is 10.5. The second-order valence-electron chi connectivity index (χ2n) is 3.93. The maximum Gasteiger partial charge on any atom is 0.293 e. The van der Waals surface area contributed by atoms with Crippen molar-refractivity contribution in [3.63, 3.8) is 0 Å². The van der Waals surface area contributed by atoms with Gasteiger partial charge in [0, 0.05) is 12.6 Å². The Kier molecular flexibility index (Phi) is 4.41. The Labute approximate surface area is 124 Å². The maximum absolute atomic E-state index is 11.0. The normalized spacial score (nSPS) is 10.6. The number of nitrogens with one attached hydrogen (secondary N) is 1. The van der Waals surface area contributed by atoms with Gasteiger partial charge in [-0.2, -0.15) is 0 Å². The molecule has 0 aliphatic rings. The van der Waals surface area contributed by atoms with Gasteiger partial charge < -0.3 is 9.88 Å². The lowest BCUT2D eigenvalue weighted by Gasteiger charge is -2.08. The lowest BCUT2D eigenvalue weighted by Crippen LogP contribution is -2.08. The van der Waals surface area contributed by atoms with Crippen LogP contribution in [-0.2, 0) is 13.1 Å². The van der Waals surface area contributed by atoms with Crippen molar-refractivity contribution < 1.29 is 4.92 Å². The Bertz CT molecular complexity index is 644. The molecule has 0 saturated carbocycles. The van der Waals surface area contributed by atoms with Crippen molar-refractivity contribution in [2.45, 2.75) is 20.0 Å². The summed E-state index contributed by atoms with van der Waals surface area (Å²) < 4.78 is 1.83. The van der Waals surface area contributed by atoms with Crippen molar-refractivity contribution in [3.05, 3.63) is 44.4 Å². The molecule has 2 aromatic rings. The minimum Gasteiger partial charge on any atom is -0.372 e. The Morgan fingerprint density at radius 2 is 2.10 bits per heavy atom. The number of rotatable bonds is 5. The fourth-order valence-electron chi connectivity index (χ4n) is 1.68. The van der Waals surface area contributed by atoms with Crippen molar-refractivity contribution >= 4 is 34.6 Å². The number of aryl methyl sites for hydroxylation is 1. The molecule has 0 amide bonds. The molecule has 0 atom stereocenters. The van der Waals surface area contributed by atoms with Gasteiger partial charge in [-0.3, -0.25) is 10.1 Å². The van der Waals surface area contributed by atoms with Gasteiger partial charge in [-0.1, -0.05) is 23.2 Å². The third-order valence-electron chi connectivity index (χ3n) is 2.71. The van der Waals surface area contributed by atoms with Gasteiger partial charge in [0.15, 0.2) is 5.82 Å². The quantitative estimate of drug-likeness (QED) is 0.676. The van der Waals surface area contributed by atoms with Crippen LogP contribution in [0.3, 0.4) is 0 Å². The van der Waals surface area contributed by atoms with Crippen LogP contribution >= 0.6 is 23.2 Å². The van der Waals surface area contributed by atoms with E-state index in [1.165, 1.54) is 12.1 Å². The number of hydrogen-bond acceptors (Lipinski definition) is 5. The molecule has 1 aromatic carbocycles. The molecule has 0 unspecified atom stereocenters. The fourth-order valence-corrected chi connectivity index (χ4v) is 2.00. The molecular weight excluding hydrogens is 305 g/mol. The predicted octanol–water partition coefficient (Wildman–Crippen LogP) is 3.13. The standard InChI is InChI=1S/C11H11Cl2N5O2/c1-2-17-6-15-16-11(17)5-14-9-3-7(12)8(13)4-10(9)18(19)20/h3-4,6,14H,2,5H2,1H3. The van der Waals surface area contributed by atoms with Crippen LogP contribution in [0.15, 0.2) is 18.5 Å². The van der Waals surface area contributed by atoms with Gasteiger partial charge >= 0.3 is 0 Å². The third kappa shape index (κ3) is 3.00. The molecule has 0 fully saturated rings. The summed E-state index contributed by atoms with van der Waals surface area (Å²) in [6, 6.07) is 2.64. The van der Waals surface area contributed by atoms with E-state index < -0.39 is 4.92 Å². The first-order valence-electron chi connectivity index (χ1n) is 5.77. The lowest BCUT2D eigenvalue weighted by molar-refractivity contribution is -0.383. The van der Waals surface area contributed by atoms with Crippen molar-refractivity contribution in [1.82, 2.24) is 14.8 Å². The van der Waals surface area contributed by atoms with E-state index >= 15 is 0 Å². The average molecular weight is 316 g/mol. The molecule has 1 N–H and O–H groups in total. The summed E-state index contributed by atoms with van der Waals surface area (Å²) >= 11 is 11.7. The predicted molar refractivity (Wildman–Crippen MR) is 76.1 cm³/mol. The second-order valence-corrected chi connectivity index (χ2v) is 4.74. The number of nitro benzene ring substituents is 1. The summed E-state index contributed by atoms with van der Waals surface area (Å²) in [5.74, 6) is 0.674. The Morgan fingerprint density at radius 3 is 2.75 bits per heavy atom. The molecule has 20 heavy (non-hydrogen) atoms. The molecular formula is C11H11Cl2N5O2. The zero-order chi connectivity index (χ0) is 14.7. The number of hydrogen-bond donors (Lipinski definition) is 1. The molecule has 0 aliphatic heterocycles. The Balaban J connectivity index is 2.25. The summed E-state index contributed by atoms with van der Waals surface area (Å²) in [6.45, 7) is 2.97. The summed E-state index contributed by atoms with van der Waals surface area (Å²) in [6.07, 6.45) is 1.60. The highest BCUT2D eigenvalue weighted by atomic mass is 35.5. The van der Waals surface area contributed by atoms with Gasteiger partial charge in [0.05, 0.1) is 21.5 Å². The van der Waals surface area contributed by atoms with E-state index in [-0.39, 0.29) is 21.4 Å². The number of nitro groups is 1. The molecule has 0 aliphatic carbocycles. The SMILES string of the molecule is CCn1cnnc1CNc1cc(Cl)c(Cl)cc1[N+](=O)[O-]. The van der Waals surface area contributed by atoms with Crippen molar-refractivity contribution in [2.75, 3.05) is 5.32 Å². The highest BCUT2D eigenvalue weighted by molar-refractivity contribution is 6.42. The molecule has 7 nitrogen and oxygen atoms in total. The average Bonchev–Trinajstić information content (AvgIpc) is 2.86. The van der Waals surface area contributed by atoms with Gasteiger partial charge in [0.25, 0.3) is 5.69 Å². The van der Waals surface area contributed by atoms with E-state index in [0.29, 0.717) is 18.9 Å². The zero-order valence-corrected chi connectivity index (χ0v) is 12.0. The molecule has 0 saturated heterocycles. The van der Waals surface area contributed by atoms with Gasteiger partial charge in [-0.25, -0.2) is 0 Å². The third-order valence-corrected chi connectivity index (χ3v) is 3.43. The highest BCUT2D eigenvalue weighted by Crippen LogP contribution is 2.34. The molecule has 1 aromatic heterocycles. The van der Waals surface area contributed by atoms with Crippen molar-refractivity contribution in [2.24, 2.45) is 0 Å². The number of anilines is 1. The molecule has 1 heterocycles. The first kappa shape index (κ1) is 14.5. The molecule has 2 rings (SSSR count). The van der Waals surface area contributed by atoms with Crippen LogP contribution in [0.25, 0.3) is 0 Å².